The van der Waals surface area contributed by atoms with Gasteiger partial charge in [0, 0.05) is 5.39 Å². The fourth-order valence-corrected chi connectivity index (χ4v) is 3.17. The molecule has 0 spiro atoms. The molecule has 3 aromatic rings. The average molecular weight is 393 g/mol. The number of nitrogens with zero attached hydrogens (tertiary/aromatic N) is 2. The van der Waals surface area contributed by atoms with E-state index in [4.69, 9.17) is 4.74 Å². The molecule has 0 radical (unpaired) electrons. The highest BCUT2D eigenvalue weighted by molar-refractivity contribution is 8.00. The van der Waals surface area contributed by atoms with E-state index in [9.17, 15) is 18.0 Å². The Hall–Kier alpha value is -2.81. The summed E-state index contributed by atoms with van der Waals surface area (Å²) in [6.07, 6.45) is -4.67. The lowest BCUT2D eigenvalue weighted by Crippen LogP contribution is -2.15. The third kappa shape index (κ3) is 4.48. The Morgan fingerprint density at radius 1 is 1.11 bits per heavy atom. The molecule has 1 heterocycles. The molecule has 0 atom stereocenters. The van der Waals surface area contributed by atoms with Crippen LogP contribution in [0.3, 0.4) is 0 Å². The smallest absolute Gasteiger partial charge is 0.451 e. The van der Waals surface area contributed by atoms with Gasteiger partial charge in [-0.05, 0) is 18.2 Å². The number of anilines is 1. The van der Waals surface area contributed by atoms with Gasteiger partial charge in [-0.3, -0.25) is 4.79 Å². The van der Waals surface area contributed by atoms with Crippen molar-refractivity contribution in [1.29, 1.82) is 0 Å². The summed E-state index contributed by atoms with van der Waals surface area (Å²) in [4.78, 5) is 19.4. The molecule has 0 aliphatic carbocycles. The second-order valence-corrected chi connectivity index (χ2v) is 6.37. The van der Waals surface area contributed by atoms with Gasteiger partial charge in [-0.2, -0.15) is 13.2 Å². The Morgan fingerprint density at radius 3 is 2.56 bits per heavy atom. The van der Waals surface area contributed by atoms with Crippen LogP contribution in [0.2, 0.25) is 0 Å². The molecule has 2 aromatic carbocycles. The molecule has 3 rings (SSSR count). The number of rotatable bonds is 5. The molecular formula is C18H14F3N3O2S. The van der Waals surface area contributed by atoms with E-state index in [1.54, 1.807) is 42.5 Å². The van der Waals surface area contributed by atoms with E-state index in [-0.39, 0.29) is 22.2 Å². The quantitative estimate of drug-likeness (QED) is 0.515. The Bertz CT molecular complexity index is 979. The van der Waals surface area contributed by atoms with Crippen LogP contribution >= 0.6 is 11.8 Å². The number of methoxy groups -OCH3 is 1. The van der Waals surface area contributed by atoms with Crippen molar-refractivity contribution in [3.05, 3.63) is 54.4 Å². The maximum absolute atomic E-state index is 13.0. The number of nitrogens with one attached hydrogen (secondary N) is 1. The van der Waals surface area contributed by atoms with Crippen LogP contribution in [0.1, 0.15) is 5.82 Å². The number of amides is 1. The topological polar surface area (TPSA) is 64.1 Å². The maximum atomic E-state index is 13.0. The van der Waals surface area contributed by atoms with Gasteiger partial charge in [-0.25, -0.2) is 9.97 Å². The van der Waals surface area contributed by atoms with Gasteiger partial charge < -0.3 is 10.1 Å². The number of aromatic nitrogens is 2. The van der Waals surface area contributed by atoms with Crippen molar-refractivity contribution in [2.45, 2.75) is 11.2 Å². The molecular weight excluding hydrogens is 379 g/mol. The van der Waals surface area contributed by atoms with Crippen molar-refractivity contribution in [2.75, 3.05) is 18.2 Å². The summed E-state index contributed by atoms with van der Waals surface area (Å²) in [6, 6.07) is 13.2. The zero-order chi connectivity index (χ0) is 19.4. The molecule has 5 nitrogen and oxygen atoms in total. The lowest BCUT2D eigenvalue weighted by Gasteiger charge is -2.11. The number of alkyl halides is 3. The number of benzene rings is 2. The third-order valence-corrected chi connectivity index (χ3v) is 4.53. The van der Waals surface area contributed by atoms with Crippen molar-refractivity contribution in [1.82, 2.24) is 9.97 Å². The van der Waals surface area contributed by atoms with E-state index < -0.39 is 12.0 Å². The summed E-state index contributed by atoms with van der Waals surface area (Å²) in [5, 5.41) is 3.23. The highest BCUT2D eigenvalue weighted by Crippen LogP contribution is 2.32. The van der Waals surface area contributed by atoms with Crippen molar-refractivity contribution >= 4 is 34.3 Å². The summed E-state index contributed by atoms with van der Waals surface area (Å²) in [5.41, 5.74) is 0.654. The van der Waals surface area contributed by atoms with E-state index in [0.717, 1.165) is 11.8 Å². The van der Waals surface area contributed by atoms with E-state index in [1.807, 2.05) is 0 Å². The minimum absolute atomic E-state index is 0.100. The third-order valence-electron chi connectivity index (χ3n) is 3.54. The van der Waals surface area contributed by atoms with E-state index >= 15 is 0 Å². The Kier molecular flexibility index (Phi) is 5.50. The molecule has 0 saturated heterocycles. The fourth-order valence-electron chi connectivity index (χ4n) is 2.35. The van der Waals surface area contributed by atoms with Crippen LogP contribution in [-0.4, -0.2) is 28.7 Å². The molecule has 0 fully saturated rings. The lowest BCUT2D eigenvalue weighted by molar-refractivity contribution is -0.145. The van der Waals surface area contributed by atoms with Crippen LogP contribution in [0.5, 0.6) is 5.75 Å². The van der Waals surface area contributed by atoms with Gasteiger partial charge in [-0.1, -0.05) is 42.1 Å². The maximum Gasteiger partial charge on any atom is 0.451 e. The van der Waals surface area contributed by atoms with Crippen molar-refractivity contribution in [3.63, 3.8) is 0 Å². The zero-order valence-electron chi connectivity index (χ0n) is 14.1. The number of fused-ring (bicyclic) bond motifs is 1. The van der Waals surface area contributed by atoms with Gasteiger partial charge in [0.1, 0.15) is 10.8 Å². The summed E-state index contributed by atoms with van der Waals surface area (Å²) in [6.45, 7) is 0. The van der Waals surface area contributed by atoms with Crippen molar-refractivity contribution in [3.8, 4) is 5.75 Å². The van der Waals surface area contributed by atoms with Gasteiger partial charge in [0.15, 0.2) is 0 Å². The molecule has 0 saturated carbocycles. The first-order chi connectivity index (χ1) is 12.9. The number of carbonyl (C=O) groups is 1. The molecule has 9 heteroatoms. The van der Waals surface area contributed by atoms with Crippen LogP contribution in [0.15, 0.2) is 53.6 Å². The predicted octanol–water partition coefficient (Wildman–Crippen LogP) is 4.39. The predicted molar refractivity (Wildman–Crippen MR) is 96.9 cm³/mol. The molecule has 0 aliphatic rings. The first-order valence-electron chi connectivity index (χ1n) is 7.78. The number of hydrogen-bond acceptors (Lipinski definition) is 5. The monoisotopic (exact) mass is 393 g/mol. The second kappa shape index (κ2) is 7.83. The van der Waals surface area contributed by atoms with Gasteiger partial charge in [0.25, 0.3) is 0 Å². The number of thioether (sulfide) groups is 1. The van der Waals surface area contributed by atoms with Crippen LogP contribution in [0.4, 0.5) is 18.9 Å². The van der Waals surface area contributed by atoms with Gasteiger partial charge in [0.05, 0.1) is 24.1 Å². The summed E-state index contributed by atoms with van der Waals surface area (Å²) in [5.74, 6) is -1.24. The van der Waals surface area contributed by atoms with Crippen LogP contribution in [-0.2, 0) is 11.0 Å². The number of carbonyl (C=O) groups excluding carboxylic acids is 1. The second-order valence-electron chi connectivity index (χ2n) is 5.40. The Labute approximate surface area is 157 Å². The number of hydrogen-bond donors (Lipinski definition) is 1. The molecule has 1 amide bonds. The van der Waals surface area contributed by atoms with E-state index in [0.29, 0.717) is 16.8 Å². The van der Waals surface area contributed by atoms with Crippen LogP contribution < -0.4 is 10.1 Å². The van der Waals surface area contributed by atoms with Crippen LogP contribution in [0.25, 0.3) is 10.9 Å². The normalized spacial score (nSPS) is 11.4. The first kappa shape index (κ1) is 19.0. The largest absolute Gasteiger partial charge is 0.495 e. The Morgan fingerprint density at radius 2 is 1.81 bits per heavy atom. The van der Waals surface area contributed by atoms with Gasteiger partial charge >= 0.3 is 6.18 Å². The van der Waals surface area contributed by atoms with Crippen molar-refractivity contribution in [2.24, 2.45) is 0 Å². The molecule has 0 bridgehead atoms. The zero-order valence-corrected chi connectivity index (χ0v) is 14.9. The van der Waals surface area contributed by atoms with Gasteiger partial charge in [0.2, 0.25) is 11.7 Å². The molecule has 140 valence electrons. The fraction of sp³-hybridized carbons (Fsp3) is 0.167. The van der Waals surface area contributed by atoms with E-state index in [1.165, 1.54) is 13.2 Å². The number of halogens is 3. The lowest BCUT2D eigenvalue weighted by atomic mass is 10.2. The van der Waals surface area contributed by atoms with Gasteiger partial charge in [-0.15, -0.1) is 0 Å². The molecule has 27 heavy (non-hydrogen) atoms. The standard InChI is InChI=1S/C18H14F3N3O2S/c1-26-14-9-5-4-8-13(14)22-15(25)10-27-16-11-6-2-3-7-12(11)23-17(24-16)18(19,20)21/h2-9H,10H2,1H3,(H,22,25). The highest BCUT2D eigenvalue weighted by Gasteiger charge is 2.35. The average Bonchev–Trinajstić information content (AvgIpc) is 2.65. The molecule has 0 aliphatic heterocycles. The number of para-hydroxylation sites is 3. The van der Waals surface area contributed by atoms with Crippen LogP contribution in [0, 0.1) is 0 Å². The molecule has 1 N–H and O–H groups in total. The van der Waals surface area contributed by atoms with E-state index in [2.05, 4.69) is 15.3 Å². The SMILES string of the molecule is COc1ccccc1NC(=O)CSc1nc(C(F)(F)F)nc2ccccc12. The van der Waals surface area contributed by atoms with Crippen molar-refractivity contribution < 1.29 is 22.7 Å². The molecule has 0 unspecified atom stereocenters. The summed E-state index contributed by atoms with van der Waals surface area (Å²) in [7, 11) is 1.48. The number of ether oxygens (including phenoxy) is 1. The highest BCUT2D eigenvalue weighted by atomic mass is 32.2. The molecule has 1 aromatic heterocycles. The minimum atomic E-state index is -4.67. The summed E-state index contributed by atoms with van der Waals surface area (Å²) < 4.78 is 44.3. The minimum Gasteiger partial charge on any atom is -0.495 e. The summed E-state index contributed by atoms with van der Waals surface area (Å²) >= 11 is 0.917. The Balaban J connectivity index is 1.81. The first-order valence-corrected chi connectivity index (χ1v) is 8.76.